The molecular weight excluding hydrogens is 176 g/mol. The highest BCUT2D eigenvalue weighted by molar-refractivity contribution is 5.74. The number of carbonyl (C=O) groups is 1. The standard InChI is InChI=1S/C12H16O2/c1-3-9(2)11(12(13)14)10-7-5-4-6-8-10/h4-9,11H,3H2,1-2H3,(H,13,14)/p-1/t9-,11+/m1/s1. The molecule has 14 heavy (non-hydrogen) atoms. The van der Waals surface area contributed by atoms with E-state index in [1.54, 1.807) is 0 Å². The van der Waals surface area contributed by atoms with E-state index in [1.807, 2.05) is 44.2 Å². The van der Waals surface area contributed by atoms with Crippen LogP contribution in [0.2, 0.25) is 0 Å². The Labute approximate surface area is 84.6 Å². The summed E-state index contributed by atoms with van der Waals surface area (Å²) in [5, 5.41) is 11.0. The van der Waals surface area contributed by atoms with Crippen molar-refractivity contribution in [3.63, 3.8) is 0 Å². The van der Waals surface area contributed by atoms with Crippen molar-refractivity contribution in [1.29, 1.82) is 0 Å². The number of carboxylic acid groups (broad SMARTS) is 1. The normalized spacial score (nSPS) is 14.7. The van der Waals surface area contributed by atoms with Crippen LogP contribution in [0.15, 0.2) is 30.3 Å². The lowest BCUT2D eigenvalue weighted by Crippen LogP contribution is -2.33. The summed E-state index contributed by atoms with van der Waals surface area (Å²) < 4.78 is 0. The lowest BCUT2D eigenvalue weighted by Gasteiger charge is -2.24. The first kappa shape index (κ1) is 10.8. The number of carboxylic acids is 1. The molecule has 0 aliphatic carbocycles. The van der Waals surface area contributed by atoms with Gasteiger partial charge in [-0.2, -0.15) is 0 Å². The van der Waals surface area contributed by atoms with Gasteiger partial charge in [0.1, 0.15) is 0 Å². The average molecular weight is 191 g/mol. The van der Waals surface area contributed by atoms with Crippen molar-refractivity contribution in [2.75, 3.05) is 0 Å². The summed E-state index contributed by atoms with van der Waals surface area (Å²) in [6.45, 7) is 3.93. The molecule has 0 radical (unpaired) electrons. The minimum absolute atomic E-state index is 0.113. The molecule has 0 saturated carbocycles. The van der Waals surface area contributed by atoms with Crippen molar-refractivity contribution in [1.82, 2.24) is 0 Å². The molecule has 1 aromatic rings. The van der Waals surface area contributed by atoms with Gasteiger partial charge in [0.25, 0.3) is 0 Å². The maximum absolute atomic E-state index is 11.0. The summed E-state index contributed by atoms with van der Waals surface area (Å²) in [5.41, 5.74) is 0.835. The summed E-state index contributed by atoms with van der Waals surface area (Å²) in [6, 6.07) is 9.27. The first-order chi connectivity index (χ1) is 6.66. The number of carbonyl (C=O) groups excluding carboxylic acids is 1. The van der Waals surface area contributed by atoms with E-state index in [0.29, 0.717) is 0 Å². The Bertz CT molecular complexity index is 292. The zero-order chi connectivity index (χ0) is 10.6. The quantitative estimate of drug-likeness (QED) is 0.724. The van der Waals surface area contributed by atoms with Gasteiger partial charge in [0.15, 0.2) is 0 Å². The Morgan fingerprint density at radius 2 is 1.93 bits per heavy atom. The second-order valence-corrected chi connectivity index (χ2v) is 3.59. The van der Waals surface area contributed by atoms with Crippen LogP contribution >= 0.6 is 0 Å². The number of benzene rings is 1. The average Bonchev–Trinajstić information content (AvgIpc) is 2.19. The molecule has 1 rings (SSSR count). The van der Waals surface area contributed by atoms with Crippen molar-refractivity contribution < 1.29 is 9.90 Å². The molecule has 2 heteroatoms. The Kier molecular flexibility index (Phi) is 3.69. The van der Waals surface area contributed by atoms with E-state index in [4.69, 9.17) is 0 Å². The van der Waals surface area contributed by atoms with Gasteiger partial charge in [0, 0.05) is 11.9 Å². The molecule has 2 atom stereocenters. The van der Waals surface area contributed by atoms with Crippen LogP contribution in [-0.2, 0) is 4.79 Å². The number of hydrogen-bond donors (Lipinski definition) is 0. The fourth-order valence-corrected chi connectivity index (χ4v) is 1.59. The maximum atomic E-state index is 11.0. The molecule has 0 N–H and O–H groups in total. The van der Waals surface area contributed by atoms with Crippen LogP contribution in [0.25, 0.3) is 0 Å². The van der Waals surface area contributed by atoms with Gasteiger partial charge in [-0.1, -0.05) is 50.6 Å². The van der Waals surface area contributed by atoms with E-state index in [0.717, 1.165) is 12.0 Å². The molecule has 0 amide bonds. The highest BCUT2D eigenvalue weighted by Crippen LogP contribution is 2.25. The van der Waals surface area contributed by atoms with E-state index >= 15 is 0 Å². The summed E-state index contributed by atoms with van der Waals surface area (Å²) >= 11 is 0. The van der Waals surface area contributed by atoms with Crippen LogP contribution < -0.4 is 5.11 Å². The third-order valence-electron chi connectivity index (χ3n) is 2.63. The molecule has 2 nitrogen and oxygen atoms in total. The molecule has 1 aromatic carbocycles. The fourth-order valence-electron chi connectivity index (χ4n) is 1.59. The van der Waals surface area contributed by atoms with E-state index in [2.05, 4.69) is 0 Å². The van der Waals surface area contributed by atoms with Gasteiger partial charge in [-0.15, -0.1) is 0 Å². The smallest absolute Gasteiger partial charge is 0.0491 e. The first-order valence-corrected chi connectivity index (χ1v) is 4.92. The minimum atomic E-state index is -0.981. The van der Waals surface area contributed by atoms with Gasteiger partial charge in [0.2, 0.25) is 0 Å². The van der Waals surface area contributed by atoms with Gasteiger partial charge >= 0.3 is 0 Å². The Balaban J connectivity index is 2.95. The van der Waals surface area contributed by atoms with Gasteiger partial charge in [-0.3, -0.25) is 0 Å². The predicted octanol–water partition coefficient (Wildman–Crippen LogP) is 1.57. The molecule has 0 aliphatic rings. The minimum Gasteiger partial charge on any atom is -0.549 e. The van der Waals surface area contributed by atoms with Gasteiger partial charge in [-0.25, -0.2) is 0 Å². The zero-order valence-corrected chi connectivity index (χ0v) is 8.57. The molecule has 0 bridgehead atoms. The summed E-state index contributed by atoms with van der Waals surface area (Å²) in [6.07, 6.45) is 0.841. The molecule has 0 saturated heterocycles. The summed E-state index contributed by atoms with van der Waals surface area (Å²) in [7, 11) is 0. The second kappa shape index (κ2) is 4.80. The number of hydrogen-bond acceptors (Lipinski definition) is 2. The fraction of sp³-hybridized carbons (Fsp3) is 0.417. The van der Waals surface area contributed by atoms with Gasteiger partial charge in [-0.05, 0) is 11.5 Å². The van der Waals surface area contributed by atoms with E-state index in [9.17, 15) is 9.90 Å². The van der Waals surface area contributed by atoms with E-state index in [1.165, 1.54) is 0 Å². The lowest BCUT2D eigenvalue weighted by atomic mass is 9.86. The second-order valence-electron chi connectivity index (χ2n) is 3.59. The molecular formula is C12H15O2-. The van der Waals surface area contributed by atoms with Crippen LogP contribution in [0.1, 0.15) is 31.7 Å². The van der Waals surface area contributed by atoms with Crippen molar-refractivity contribution in [3.05, 3.63) is 35.9 Å². The summed E-state index contributed by atoms with van der Waals surface area (Å²) in [4.78, 5) is 11.0. The van der Waals surface area contributed by atoms with Crippen LogP contribution in [-0.4, -0.2) is 5.97 Å². The summed E-state index contributed by atoms with van der Waals surface area (Å²) in [5.74, 6) is -1.35. The zero-order valence-electron chi connectivity index (χ0n) is 8.57. The lowest BCUT2D eigenvalue weighted by molar-refractivity contribution is -0.309. The van der Waals surface area contributed by atoms with Crippen LogP contribution in [0.4, 0.5) is 0 Å². The van der Waals surface area contributed by atoms with Gasteiger partial charge in [0.05, 0.1) is 0 Å². The number of aliphatic carboxylic acids is 1. The first-order valence-electron chi connectivity index (χ1n) is 4.92. The highest BCUT2D eigenvalue weighted by atomic mass is 16.4. The third kappa shape index (κ3) is 2.34. The molecule has 0 fully saturated rings. The maximum Gasteiger partial charge on any atom is 0.0491 e. The Morgan fingerprint density at radius 3 is 2.36 bits per heavy atom. The van der Waals surface area contributed by atoms with E-state index in [-0.39, 0.29) is 5.92 Å². The Morgan fingerprint density at radius 1 is 1.36 bits per heavy atom. The number of rotatable bonds is 4. The van der Waals surface area contributed by atoms with Crippen LogP contribution in [0.3, 0.4) is 0 Å². The van der Waals surface area contributed by atoms with Gasteiger partial charge < -0.3 is 9.90 Å². The van der Waals surface area contributed by atoms with Crippen molar-refractivity contribution >= 4 is 5.97 Å². The van der Waals surface area contributed by atoms with Crippen molar-refractivity contribution in [3.8, 4) is 0 Å². The molecule has 0 spiro atoms. The van der Waals surface area contributed by atoms with Crippen molar-refractivity contribution in [2.24, 2.45) is 5.92 Å². The molecule has 0 aromatic heterocycles. The molecule has 76 valence electrons. The molecule has 0 aliphatic heterocycles. The molecule has 0 unspecified atom stereocenters. The topological polar surface area (TPSA) is 40.1 Å². The SMILES string of the molecule is CC[C@@H](C)[C@H](C(=O)[O-])c1ccccc1. The highest BCUT2D eigenvalue weighted by Gasteiger charge is 2.18. The van der Waals surface area contributed by atoms with Crippen molar-refractivity contribution in [2.45, 2.75) is 26.2 Å². The molecule has 0 heterocycles. The Hall–Kier alpha value is -1.31. The largest absolute Gasteiger partial charge is 0.549 e. The predicted molar refractivity (Wildman–Crippen MR) is 53.6 cm³/mol. The van der Waals surface area contributed by atoms with Crippen LogP contribution in [0, 0.1) is 5.92 Å². The third-order valence-corrected chi connectivity index (χ3v) is 2.63. The van der Waals surface area contributed by atoms with Crippen LogP contribution in [0.5, 0.6) is 0 Å². The monoisotopic (exact) mass is 191 g/mol. The van der Waals surface area contributed by atoms with E-state index < -0.39 is 11.9 Å².